The van der Waals surface area contributed by atoms with Crippen LogP contribution in [0.15, 0.2) is 82.7 Å². The maximum Gasteiger partial charge on any atom is 0.224 e. The molecule has 160 valence electrons. The number of amidine groups is 2. The van der Waals surface area contributed by atoms with Crippen LogP contribution >= 0.6 is 0 Å². The topological polar surface area (TPSA) is 137 Å². The third-order valence-corrected chi connectivity index (χ3v) is 4.54. The van der Waals surface area contributed by atoms with Crippen LogP contribution in [0.25, 0.3) is 5.76 Å². The number of hydrogen-bond acceptors (Lipinski definition) is 5. The lowest BCUT2D eigenvalue weighted by Gasteiger charge is -2.18. The molecule has 0 aromatic heterocycles. The van der Waals surface area contributed by atoms with Gasteiger partial charge in [0.05, 0.1) is 12.2 Å². The van der Waals surface area contributed by atoms with Crippen LogP contribution in [0, 0.1) is 0 Å². The summed E-state index contributed by atoms with van der Waals surface area (Å²) in [4.78, 5) is 15.1. The molecule has 1 aliphatic heterocycles. The smallest absolute Gasteiger partial charge is 0.224 e. The SMILES string of the molecule is C=C(O/N=C(\N)C(N)=NC(N)=NC(=C)N(C)c1ccccc1)c1cccc2c1OCC2. The van der Waals surface area contributed by atoms with Crippen LogP contribution in [0.5, 0.6) is 5.75 Å². The van der Waals surface area contributed by atoms with Gasteiger partial charge in [-0.15, -0.1) is 0 Å². The molecule has 0 amide bonds. The van der Waals surface area contributed by atoms with Crippen molar-refractivity contribution in [1.29, 1.82) is 0 Å². The molecule has 0 bridgehead atoms. The summed E-state index contributed by atoms with van der Waals surface area (Å²) in [7, 11) is 1.81. The summed E-state index contributed by atoms with van der Waals surface area (Å²) in [5.41, 5.74) is 20.2. The number of benzene rings is 2. The van der Waals surface area contributed by atoms with E-state index < -0.39 is 0 Å². The summed E-state index contributed by atoms with van der Waals surface area (Å²) in [6, 6.07) is 15.3. The van der Waals surface area contributed by atoms with E-state index >= 15 is 0 Å². The lowest BCUT2D eigenvalue weighted by Crippen LogP contribution is -2.33. The summed E-state index contributed by atoms with van der Waals surface area (Å²) in [6.07, 6.45) is 0.838. The fourth-order valence-corrected chi connectivity index (χ4v) is 2.85. The molecule has 9 heteroatoms. The van der Waals surface area contributed by atoms with E-state index in [0.717, 1.165) is 23.4 Å². The van der Waals surface area contributed by atoms with Gasteiger partial charge in [0, 0.05) is 19.2 Å². The van der Waals surface area contributed by atoms with Gasteiger partial charge in [0.1, 0.15) is 11.6 Å². The molecule has 2 aromatic rings. The van der Waals surface area contributed by atoms with Crippen LogP contribution in [0.3, 0.4) is 0 Å². The van der Waals surface area contributed by atoms with E-state index in [1.165, 1.54) is 0 Å². The Morgan fingerprint density at radius 3 is 2.48 bits per heavy atom. The van der Waals surface area contributed by atoms with Gasteiger partial charge in [-0.2, -0.15) is 9.98 Å². The van der Waals surface area contributed by atoms with E-state index in [1.807, 2.05) is 48.5 Å². The van der Waals surface area contributed by atoms with Crippen LogP contribution in [-0.4, -0.2) is 31.3 Å². The molecule has 31 heavy (non-hydrogen) atoms. The lowest BCUT2D eigenvalue weighted by molar-refractivity contribution is 0.295. The number of ether oxygens (including phenoxy) is 1. The van der Waals surface area contributed by atoms with Crippen molar-refractivity contribution in [1.82, 2.24) is 0 Å². The van der Waals surface area contributed by atoms with Crippen LogP contribution in [0.1, 0.15) is 11.1 Å². The third-order valence-electron chi connectivity index (χ3n) is 4.54. The zero-order chi connectivity index (χ0) is 22.4. The Morgan fingerprint density at radius 1 is 1.00 bits per heavy atom. The largest absolute Gasteiger partial charge is 0.492 e. The van der Waals surface area contributed by atoms with E-state index in [9.17, 15) is 0 Å². The zero-order valence-corrected chi connectivity index (χ0v) is 17.3. The second-order valence-electron chi connectivity index (χ2n) is 6.66. The van der Waals surface area contributed by atoms with Gasteiger partial charge in [0.2, 0.25) is 11.8 Å². The van der Waals surface area contributed by atoms with E-state index in [0.29, 0.717) is 18.0 Å². The minimum Gasteiger partial charge on any atom is -0.492 e. The van der Waals surface area contributed by atoms with Crippen molar-refractivity contribution in [3.05, 3.63) is 78.6 Å². The van der Waals surface area contributed by atoms with Crippen molar-refractivity contribution in [2.45, 2.75) is 6.42 Å². The average molecular weight is 419 g/mol. The number of nitrogens with zero attached hydrogens (tertiary/aromatic N) is 4. The summed E-state index contributed by atoms with van der Waals surface area (Å²) < 4.78 is 5.63. The molecule has 9 nitrogen and oxygen atoms in total. The van der Waals surface area contributed by atoms with Gasteiger partial charge < -0.3 is 31.7 Å². The molecule has 3 rings (SSSR count). The Balaban J connectivity index is 1.65. The highest BCUT2D eigenvalue weighted by atomic mass is 16.6. The van der Waals surface area contributed by atoms with E-state index in [1.54, 1.807) is 11.9 Å². The molecule has 0 radical (unpaired) electrons. The van der Waals surface area contributed by atoms with Gasteiger partial charge in [0.15, 0.2) is 11.6 Å². The molecule has 0 saturated carbocycles. The number of hydrogen-bond donors (Lipinski definition) is 3. The first kappa shape index (κ1) is 21.4. The molecule has 0 spiro atoms. The standard InChI is InChI=1S/C22H25N7O2/c1-14(18-11-7-8-16-12-13-30-19(16)18)31-28-21(24)20(23)27-22(25)26-15(2)29(3)17-9-5-4-6-10-17/h4-11H,1-2,12-13H2,3H3,(H2,24,28)(H4,23,25,26,27). The summed E-state index contributed by atoms with van der Waals surface area (Å²) in [5.74, 6) is 0.928. The first-order valence-corrected chi connectivity index (χ1v) is 9.47. The first-order valence-electron chi connectivity index (χ1n) is 9.47. The monoisotopic (exact) mass is 419 g/mol. The van der Waals surface area contributed by atoms with Crippen molar-refractivity contribution >= 4 is 29.1 Å². The number of aliphatic imine (C=N–C) groups is 2. The molecule has 0 saturated heterocycles. The summed E-state index contributed by atoms with van der Waals surface area (Å²) in [6.45, 7) is 8.37. The molecule has 0 atom stereocenters. The highest BCUT2D eigenvalue weighted by molar-refractivity contribution is 6.40. The average Bonchev–Trinajstić information content (AvgIpc) is 3.26. The number of anilines is 1. The van der Waals surface area contributed by atoms with Crippen LogP contribution in [0.2, 0.25) is 0 Å². The highest BCUT2D eigenvalue weighted by Crippen LogP contribution is 2.33. The van der Waals surface area contributed by atoms with Gasteiger partial charge in [-0.25, -0.2) is 0 Å². The van der Waals surface area contributed by atoms with Crippen LogP contribution < -0.4 is 26.8 Å². The Bertz CT molecular complexity index is 1070. The highest BCUT2D eigenvalue weighted by Gasteiger charge is 2.18. The molecular formula is C22H25N7O2. The zero-order valence-electron chi connectivity index (χ0n) is 17.3. The van der Waals surface area contributed by atoms with Crippen molar-refractivity contribution < 1.29 is 9.57 Å². The predicted molar refractivity (Wildman–Crippen MR) is 125 cm³/mol. The Hall–Kier alpha value is -4.27. The number of oxime groups is 1. The fourth-order valence-electron chi connectivity index (χ4n) is 2.85. The molecule has 1 aliphatic rings. The van der Waals surface area contributed by atoms with Crippen LogP contribution in [0.4, 0.5) is 5.69 Å². The Morgan fingerprint density at radius 2 is 1.74 bits per heavy atom. The van der Waals surface area contributed by atoms with Gasteiger partial charge in [-0.05, 0) is 23.8 Å². The minimum atomic E-state index is -0.171. The normalized spacial score (nSPS) is 13.9. The van der Waals surface area contributed by atoms with Crippen LogP contribution in [-0.2, 0) is 11.3 Å². The van der Waals surface area contributed by atoms with E-state index in [-0.39, 0.29) is 23.4 Å². The lowest BCUT2D eigenvalue weighted by atomic mass is 10.1. The number of fused-ring (bicyclic) bond motifs is 1. The molecule has 1 heterocycles. The first-order chi connectivity index (χ1) is 14.9. The minimum absolute atomic E-state index is 0.128. The summed E-state index contributed by atoms with van der Waals surface area (Å²) in [5, 5.41) is 3.78. The number of rotatable bonds is 6. The Kier molecular flexibility index (Phi) is 6.56. The second-order valence-corrected chi connectivity index (χ2v) is 6.66. The van der Waals surface area contributed by atoms with Gasteiger partial charge in [-0.1, -0.05) is 48.6 Å². The van der Waals surface area contributed by atoms with Gasteiger partial charge in [0.25, 0.3) is 0 Å². The maximum atomic E-state index is 5.85. The van der Waals surface area contributed by atoms with Crippen molar-refractivity contribution in [2.24, 2.45) is 32.3 Å². The summed E-state index contributed by atoms with van der Waals surface area (Å²) >= 11 is 0. The van der Waals surface area contributed by atoms with E-state index in [4.69, 9.17) is 26.8 Å². The van der Waals surface area contributed by atoms with E-state index in [2.05, 4.69) is 28.3 Å². The number of guanidine groups is 1. The fraction of sp³-hybridized carbons (Fsp3) is 0.136. The van der Waals surface area contributed by atoms with Crippen molar-refractivity contribution in [3.8, 4) is 5.75 Å². The molecule has 0 fully saturated rings. The number of para-hydroxylation sites is 2. The number of nitrogens with two attached hydrogens (primary N) is 3. The predicted octanol–water partition coefficient (Wildman–Crippen LogP) is 2.16. The Labute approximate surface area is 180 Å². The molecule has 6 N–H and O–H groups in total. The molecule has 2 aromatic carbocycles. The van der Waals surface area contributed by atoms with Gasteiger partial charge in [-0.3, -0.25) is 0 Å². The molecular weight excluding hydrogens is 394 g/mol. The molecule has 0 aliphatic carbocycles. The quantitative estimate of drug-likeness (QED) is 0.284. The van der Waals surface area contributed by atoms with Gasteiger partial charge >= 0.3 is 0 Å². The second kappa shape index (κ2) is 9.49. The molecule has 0 unspecified atom stereocenters. The maximum absolute atomic E-state index is 5.85. The third kappa shape index (κ3) is 5.21. The van der Waals surface area contributed by atoms with Crippen molar-refractivity contribution in [2.75, 3.05) is 18.6 Å². The van der Waals surface area contributed by atoms with Crippen molar-refractivity contribution in [3.63, 3.8) is 0 Å².